The summed E-state index contributed by atoms with van der Waals surface area (Å²) in [6, 6.07) is 17.3. The number of benzene rings is 2. The van der Waals surface area contributed by atoms with Crippen LogP contribution in [0.5, 0.6) is 0 Å². The van der Waals surface area contributed by atoms with Crippen molar-refractivity contribution in [1.29, 1.82) is 0 Å². The zero-order valence-corrected chi connectivity index (χ0v) is 20.7. The van der Waals surface area contributed by atoms with Crippen LogP contribution in [0.1, 0.15) is 17.0 Å². The van der Waals surface area contributed by atoms with Crippen molar-refractivity contribution in [3.8, 4) is 10.4 Å². The van der Waals surface area contributed by atoms with Crippen LogP contribution in [0.15, 0.2) is 64.3 Å². The lowest BCUT2D eigenvalue weighted by Crippen LogP contribution is -2.48. The minimum Gasteiger partial charge on any atom is -0.309 e. The number of hydrogen-bond donors (Lipinski definition) is 1. The maximum Gasteiger partial charge on any atom is 0.259 e. The van der Waals surface area contributed by atoms with Crippen LogP contribution in [-0.2, 0) is 16.6 Å². The van der Waals surface area contributed by atoms with E-state index in [2.05, 4.69) is 9.88 Å². The van der Waals surface area contributed by atoms with Gasteiger partial charge >= 0.3 is 0 Å². The summed E-state index contributed by atoms with van der Waals surface area (Å²) in [4.78, 5) is 24.5. The van der Waals surface area contributed by atoms with Crippen LogP contribution in [0.25, 0.3) is 20.7 Å². The topological polar surface area (TPSA) is 86.4 Å². The third kappa shape index (κ3) is 4.44. The first-order chi connectivity index (χ1) is 16.3. The Bertz CT molecular complexity index is 1500. The maximum absolute atomic E-state index is 13.1. The number of aromatic amines is 1. The SMILES string of the molecule is Cc1ccc(S(=O)(=O)N2CCN(Cc3nc4sc(-c5ccccc5)cc4c(=O)[nH]3)CC2)c(C)c1. The summed E-state index contributed by atoms with van der Waals surface area (Å²) in [5, 5.41) is 0.594. The molecule has 5 rings (SSSR count). The van der Waals surface area contributed by atoms with Gasteiger partial charge in [-0.05, 0) is 37.1 Å². The number of thiophene rings is 1. The van der Waals surface area contributed by atoms with Gasteiger partial charge in [-0.15, -0.1) is 11.3 Å². The Morgan fingerprint density at radius 1 is 1.00 bits per heavy atom. The van der Waals surface area contributed by atoms with Gasteiger partial charge in [-0.1, -0.05) is 48.0 Å². The normalized spacial score (nSPS) is 15.7. The molecule has 0 saturated carbocycles. The lowest BCUT2D eigenvalue weighted by atomic mass is 10.2. The molecule has 1 N–H and O–H groups in total. The quantitative estimate of drug-likeness (QED) is 0.456. The van der Waals surface area contributed by atoms with Crippen LogP contribution in [-0.4, -0.2) is 53.8 Å². The number of piperazine rings is 1. The summed E-state index contributed by atoms with van der Waals surface area (Å²) in [6.07, 6.45) is 0. The first kappa shape index (κ1) is 22.9. The van der Waals surface area contributed by atoms with E-state index in [-0.39, 0.29) is 5.56 Å². The van der Waals surface area contributed by atoms with E-state index < -0.39 is 10.0 Å². The van der Waals surface area contributed by atoms with Crippen molar-refractivity contribution >= 4 is 31.6 Å². The first-order valence-electron chi connectivity index (χ1n) is 11.2. The Labute approximate surface area is 202 Å². The van der Waals surface area contributed by atoms with Crippen LogP contribution in [0.2, 0.25) is 0 Å². The van der Waals surface area contributed by atoms with Crippen molar-refractivity contribution in [3.63, 3.8) is 0 Å². The fraction of sp³-hybridized carbons (Fsp3) is 0.280. The molecule has 9 heteroatoms. The Hall–Kier alpha value is -2.85. The van der Waals surface area contributed by atoms with Crippen molar-refractivity contribution < 1.29 is 8.42 Å². The number of aromatic nitrogens is 2. The van der Waals surface area contributed by atoms with Crippen LogP contribution < -0.4 is 5.56 Å². The van der Waals surface area contributed by atoms with Gasteiger partial charge in [0.05, 0.1) is 16.8 Å². The van der Waals surface area contributed by atoms with Crippen molar-refractivity contribution in [2.45, 2.75) is 25.3 Å². The molecule has 1 aliphatic heterocycles. The van der Waals surface area contributed by atoms with Crippen LogP contribution in [0.4, 0.5) is 0 Å². The number of fused-ring (bicyclic) bond motifs is 1. The highest BCUT2D eigenvalue weighted by Gasteiger charge is 2.29. The predicted octanol–water partition coefficient (Wildman–Crippen LogP) is 3.77. The fourth-order valence-corrected chi connectivity index (χ4v) is 7.05. The van der Waals surface area contributed by atoms with Crippen molar-refractivity contribution in [3.05, 3.63) is 81.9 Å². The largest absolute Gasteiger partial charge is 0.309 e. The average Bonchev–Trinajstić information content (AvgIpc) is 3.25. The summed E-state index contributed by atoms with van der Waals surface area (Å²) >= 11 is 1.51. The molecule has 0 atom stereocenters. The van der Waals surface area contributed by atoms with Gasteiger partial charge in [0.1, 0.15) is 10.7 Å². The molecule has 0 spiro atoms. The molecule has 176 valence electrons. The monoisotopic (exact) mass is 494 g/mol. The van der Waals surface area contributed by atoms with Crippen molar-refractivity contribution in [2.75, 3.05) is 26.2 Å². The van der Waals surface area contributed by atoms with Crippen LogP contribution >= 0.6 is 11.3 Å². The molecule has 1 fully saturated rings. The Balaban J connectivity index is 1.30. The van der Waals surface area contributed by atoms with Gasteiger partial charge in [-0.2, -0.15) is 4.31 Å². The van der Waals surface area contributed by atoms with Gasteiger partial charge in [-0.25, -0.2) is 13.4 Å². The second-order valence-corrected chi connectivity index (χ2v) is 11.6. The molecule has 0 radical (unpaired) electrons. The first-order valence-corrected chi connectivity index (χ1v) is 13.4. The number of hydrogen-bond acceptors (Lipinski definition) is 6. The van der Waals surface area contributed by atoms with Crippen molar-refractivity contribution in [2.24, 2.45) is 0 Å². The molecular formula is C25H26N4O3S2. The molecule has 0 amide bonds. The van der Waals surface area contributed by atoms with Crippen LogP contribution in [0.3, 0.4) is 0 Å². The van der Waals surface area contributed by atoms with Gasteiger partial charge in [0.15, 0.2) is 0 Å². The van der Waals surface area contributed by atoms with E-state index in [0.717, 1.165) is 21.6 Å². The van der Waals surface area contributed by atoms with E-state index in [9.17, 15) is 13.2 Å². The molecule has 7 nitrogen and oxygen atoms in total. The fourth-order valence-electron chi connectivity index (χ4n) is 4.36. The number of H-pyrrole nitrogens is 1. The molecule has 1 aliphatic rings. The molecular weight excluding hydrogens is 468 g/mol. The molecule has 3 heterocycles. The highest BCUT2D eigenvalue weighted by molar-refractivity contribution is 7.89. The van der Waals surface area contributed by atoms with E-state index in [4.69, 9.17) is 4.98 Å². The Morgan fingerprint density at radius 2 is 1.74 bits per heavy atom. The molecule has 1 saturated heterocycles. The third-order valence-electron chi connectivity index (χ3n) is 6.16. The summed E-state index contributed by atoms with van der Waals surface area (Å²) in [7, 11) is -3.53. The van der Waals surface area contributed by atoms with E-state index in [1.54, 1.807) is 10.4 Å². The molecule has 0 aliphatic carbocycles. The highest BCUT2D eigenvalue weighted by Crippen LogP contribution is 2.31. The number of nitrogens with one attached hydrogen (secondary N) is 1. The van der Waals surface area contributed by atoms with E-state index >= 15 is 0 Å². The lowest BCUT2D eigenvalue weighted by molar-refractivity contribution is 0.178. The number of aryl methyl sites for hydroxylation is 2. The average molecular weight is 495 g/mol. The van der Waals surface area contributed by atoms with Crippen LogP contribution in [0, 0.1) is 13.8 Å². The van der Waals surface area contributed by atoms with E-state index in [1.807, 2.05) is 62.4 Å². The van der Waals surface area contributed by atoms with Gasteiger partial charge in [-0.3, -0.25) is 9.69 Å². The van der Waals surface area contributed by atoms with Crippen molar-refractivity contribution in [1.82, 2.24) is 19.2 Å². The second kappa shape index (κ2) is 9.07. The number of nitrogens with zero attached hydrogens (tertiary/aromatic N) is 3. The predicted molar refractivity (Wildman–Crippen MR) is 136 cm³/mol. The molecule has 0 bridgehead atoms. The molecule has 0 unspecified atom stereocenters. The molecule has 2 aromatic carbocycles. The second-order valence-electron chi connectivity index (χ2n) is 8.66. The maximum atomic E-state index is 13.1. The Kier molecular flexibility index (Phi) is 6.11. The minimum absolute atomic E-state index is 0.144. The summed E-state index contributed by atoms with van der Waals surface area (Å²) in [5.41, 5.74) is 2.73. The standard InChI is InChI=1S/C25H26N4O3S2/c1-17-8-9-22(18(2)14-17)34(31,32)29-12-10-28(11-13-29)16-23-26-24(30)20-15-21(33-25(20)27-23)19-6-4-3-5-7-19/h3-9,14-15H,10-13,16H2,1-2H3,(H,26,27,30). The zero-order chi connectivity index (χ0) is 23.9. The molecule has 34 heavy (non-hydrogen) atoms. The van der Waals surface area contributed by atoms with Gasteiger partial charge in [0.2, 0.25) is 10.0 Å². The number of sulfonamides is 1. The smallest absolute Gasteiger partial charge is 0.259 e. The summed E-state index contributed by atoms with van der Waals surface area (Å²) in [5.74, 6) is 0.602. The lowest BCUT2D eigenvalue weighted by Gasteiger charge is -2.33. The van der Waals surface area contributed by atoms with Gasteiger partial charge in [0.25, 0.3) is 5.56 Å². The minimum atomic E-state index is -3.53. The van der Waals surface area contributed by atoms with E-state index in [0.29, 0.717) is 53.7 Å². The number of rotatable bonds is 5. The Morgan fingerprint density at radius 3 is 2.44 bits per heavy atom. The molecule has 2 aromatic heterocycles. The third-order valence-corrected chi connectivity index (χ3v) is 9.30. The van der Waals surface area contributed by atoms with Gasteiger partial charge < -0.3 is 4.98 Å². The summed E-state index contributed by atoms with van der Waals surface area (Å²) in [6.45, 7) is 6.22. The highest BCUT2D eigenvalue weighted by atomic mass is 32.2. The van der Waals surface area contributed by atoms with Gasteiger partial charge in [0, 0.05) is 31.1 Å². The summed E-state index contributed by atoms with van der Waals surface area (Å²) < 4.78 is 27.8. The van der Waals surface area contributed by atoms with E-state index in [1.165, 1.54) is 11.3 Å². The zero-order valence-electron chi connectivity index (χ0n) is 19.1. The molecule has 4 aromatic rings.